The number of aryl methyl sites for hydroxylation is 1. The molecule has 0 radical (unpaired) electrons. The molecule has 1 saturated carbocycles. The number of carbonyl (C=O) groups excluding carboxylic acids is 1. The Morgan fingerprint density at radius 2 is 2.11 bits per heavy atom. The maximum Gasteiger partial charge on any atom is 0.252 e. The summed E-state index contributed by atoms with van der Waals surface area (Å²) in [5, 5.41) is 3.68. The lowest BCUT2D eigenvalue weighted by Crippen LogP contribution is -2.34. The van der Waals surface area contributed by atoms with Crippen LogP contribution in [0.25, 0.3) is 0 Å². The molecule has 1 amide bonds. The molecule has 2 rings (SSSR count). The van der Waals surface area contributed by atoms with Crippen LogP contribution in [-0.2, 0) is 0 Å². The van der Waals surface area contributed by atoms with Gasteiger partial charge in [0.05, 0.1) is 10.6 Å². The number of benzene rings is 1. The molecule has 2 atom stereocenters. The van der Waals surface area contributed by atoms with Gasteiger partial charge in [-0.1, -0.05) is 36.6 Å². The number of nitrogens with one attached hydrogen (secondary N) is 1. The van der Waals surface area contributed by atoms with E-state index in [1.54, 1.807) is 6.07 Å². The first kappa shape index (κ1) is 14.7. The van der Waals surface area contributed by atoms with Crippen LogP contribution in [-0.4, -0.2) is 17.8 Å². The highest BCUT2D eigenvalue weighted by Crippen LogP contribution is 2.28. The standard InChI is InChI=1S/C15H19Cl2NO/c1-10-5-4-7-12(14(10)17)15(19)18-9-11-6-2-3-8-13(11)16/h4-5,7,11,13H,2-3,6,8-9H2,1H3,(H,18,19). The van der Waals surface area contributed by atoms with Crippen LogP contribution in [0.1, 0.15) is 41.6 Å². The van der Waals surface area contributed by atoms with Gasteiger partial charge in [0.2, 0.25) is 0 Å². The van der Waals surface area contributed by atoms with E-state index in [0.29, 0.717) is 23.0 Å². The van der Waals surface area contributed by atoms with Gasteiger partial charge in [-0.05, 0) is 37.3 Å². The normalized spacial score (nSPS) is 23.1. The van der Waals surface area contributed by atoms with Crippen molar-refractivity contribution >= 4 is 29.1 Å². The highest BCUT2D eigenvalue weighted by Gasteiger charge is 2.23. The highest BCUT2D eigenvalue weighted by atomic mass is 35.5. The second-order valence-electron chi connectivity index (χ2n) is 5.21. The van der Waals surface area contributed by atoms with Crippen molar-refractivity contribution in [2.45, 2.75) is 38.0 Å². The monoisotopic (exact) mass is 299 g/mol. The predicted octanol–water partition coefficient (Wildman–Crippen LogP) is 4.18. The van der Waals surface area contributed by atoms with Gasteiger partial charge in [0.25, 0.3) is 5.91 Å². The summed E-state index contributed by atoms with van der Waals surface area (Å²) in [6.45, 7) is 2.53. The number of carbonyl (C=O) groups is 1. The van der Waals surface area contributed by atoms with Crippen LogP contribution in [0.4, 0.5) is 0 Å². The molecule has 2 nitrogen and oxygen atoms in total. The summed E-state index contributed by atoms with van der Waals surface area (Å²) < 4.78 is 0. The molecule has 4 heteroatoms. The second kappa shape index (κ2) is 6.62. The van der Waals surface area contributed by atoms with Crippen LogP contribution >= 0.6 is 23.2 Å². The molecule has 19 heavy (non-hydrogen) atoms. The van der Waals surface area contributed by atoms with E-state index < -0.39 is 0 Å². The summed E-state index contributed by atoms with van der Waals surface area (Å²) in [6, 6.07) is 5.50. The maximum absolute atomic E-state index is 12.1. The molecular formula is C15H19Cl2NO. The van der Waals surface area contributed by atoms with E-state index in [-0.39, 0.29) is 11.3 Å². The van der Waals surface area contributed by atoms with E-state index in [1.807, 2.05) is 19.1 Å². The van der Waals surface area contributed by atoms with Crippen LogP contribution in [0.2, 0.25) is 5.02 Å². The quantitative estimate of drug-likeness (QED) is 0.834. The fourth-order valence-corrected chi connectivity index (χ4v) is 3.12. The van der Waals surface area contributed by atoms with E-state index in [2.05, 4.69) is 5.32 Å². The van der Waals surface area contributed by atoms with Crippen molar-refractivity contribution in [1.29, 1.82) is 0 Å². The van der Waals surface area contributed by atoms with Gasteiger partial charge in [0, 0.05) is 11.9 Å². The van der Waals surface area contributed by atoms with Crippen molar-refractivity contribution in [3.63, 3.8) is 0 Å². The molecule has 1 aliphatic rings. The first-order valence-electron chi connectivity index (χ1n) is 6.77. The van der Waals surface area contributed by atoms with Crippen molar-refractivity contribution in [2.24, 2.45) is 5.92 Å². The predicted molar refractivity (Wildman–Crippen MR) is 80.1 cm³/mol. The number of alkyl halides is 1. The third-order valence-corrected chi connectivity index (χ3v) is 4.85. The van der Waals surface area contributed by atoms with Gasteiger partial charge < -0.3 is 5.32 Å². The molecule has 0 aromatic heterocycles. The van der Waals surface area contributed by atoms with Crippen molar-refractivity contribution < 1.29 is 4.79 Å². The van der Waals surface area contributed by atoms with Gasteiger partial charge in [-0.2, -0.15) is 0 Å². The summed E-state index contributed by atoms with van der Waals surface area (Å²) >= 11 is 12.4. The van der Waals surface area contributed by atoms with Gasteiger partial charge in [-0.3, -0.25) is 4.79 Å². The molecule has 2 unspecified atom stereocenters. The van der Waals surface area contributed by atoms with Gasteiger partial charge in [0.1, 0.15) is 0 Å². The Bertz CT molecular complexity index is 461. The minimum Gasteiger partial charge on any atom is -0.352 e. The molecule has 104 valence electrons. The number of hydrogen-bond donors (Lipinski definition) is 1. The third-order valence-electron chi connectivity index (χ3n) is 3.78. The SMILES string of the molecule is Cc1cccc(C(=O)NCC2CCCCC2Cl)c1Cl. The first-order chi connectivity index (χ1) is 9.09. The Kier molecular flexibility index (Phi) is 5.12. The summed E-state index contributed by atoms with van der Waals surface area (Å²) in [5.41, 5.74) is 1.46. The average molecular weight is 300 g/mol. The average Bonchev–Trinajstić information content (AvgIpc) is 2.40. The Morgan fingerprint density at radius 1 is 1.37 bits per heavy atom. The number of halogens is 2. The summed E-state index contributed by atoms with van der Waals surface area (Å²) in [6.07, 6.45) is 4.54. The highest BCUT2D eigenvalue weighted by molar-refractivity contribution is 6.34. The van der Waals surface area contributed by atoms with Crippen molar-refractivity contribution in [1.82, 2.24) is 5.32 Å². The Balaban J connectivity index is 1.95. The largest absolute Gasteiger partial charge is 0.352 e. The lowest BCUT2D eigenvalue weighted by atomic mass is 9.88. The van der Waals surface area contributed by atoms with E-state index in [0.717, 1.165) is 18.4 Å². The van der Waals surface area contributed by atoms with E-state index in [1.165, 1.54) is 12.8 Å². The molecule has 1 aliphatic carbocycles. The zero-order chi connectivity index (χ0) is 13.8. The summed E-state index contributed by atoms with van der Waals surface area (Å²) in [5.74, 6) is 0.270. The van der Waals surface area contributed by atoms with E-state index >= 15 is 0 Å². The van der Waals surface area contributed by atoms with Crippen LogP contribution in [0.3, 0.4) is 0 Å². The van der Waals surface area contributed by atoms with Gasteiger partial charge in [-0.15, -0.1) is 11.6 Å². The molecule has 1 fully saturated rings. The molecule has 1 aromatic rings. The first-order valence-corrected chi connectivity index (χ1v) is 7.58. The van der Waals surface area contributed by atoms with Crippen LogP contribution in [0, 0.1) is 12.8 Å². The fourth-order valence-electron chi connectivity index (χ4n) is 2.53. The van der Waals surface area contributed by atoms with Crippen LogP contribution in [0.15, 0.2) is 18.2 Å². The number of rotatable bonds is 3. The summed E-state index contributed by atoms with van der Waals surface area (Å²) in [4.78, 5) is 12.1. The van der Waals surface area contributed by atoms with Crippen molar-refractivity contribution in [3.05, 3.63) is 34.3 Å². The van der Waals surface area contributed by atoms with Gasteiger partial charge >= 0.3 is 0 Å². The van der Waals surface area contributed by atoms with Gasteiger partial charge in [0.15, 0.2) is 0 Å². The molecular weight excluding hydrogens is 281 g/mol. The van der Waals surface area contributed by atoms with E-state index in [9.17, 15) is 4.79 Å². The minimum atomic E-state index is -0.108. The molecule has 1 aromatic carbocycles. The third kappa shape index (κ3) is 3.64. The lowest BCUT2D eigenvalue weighted by molar-refractivity contribution is 0.0944. The number of amides is 1. The Labute approximate surface area is 124 Å². The minimum absolute atomic E-state index is 0.108. The van der Waals surface area contributed by atoms with Gasteiger partial charge in [-0.25, -0.2) is 0 Å². The van der Waals surface area contributed by atoms with E-state index in [4.69, 9.17) is 23.2 Å². The zero-order valence-corrected chi connectivity index (χ0v) is 12.6. The Morgan fingerprint density at radius 3 is 2.84 bits per heavy atom. The fraction of sp³-hybridized carbons (Fsp3) is 0.533. The molecule has 0 bridgehead atoms. The molecule has 0 spiro atoms. The van der Waals surface area contributed by atoms with Crippen LogP contribution < -0.4 is 5.32 Å². The smallest absolute Gasteiger partial charge is 0.252 e. The van der Waals surface area contributed by atoms with Crippen LogP contribution in [0.5, 0.6) is 0 Å². The zero-order valence-electron chi connectivity index (χ0n) is 11.1. The second-order valence-corrected chi connectivity index (χ2v) is 6.15. The molecule has 0 saturated heterocycles. The lowest BCUT2D eigenvalue weighted by Gasteiger charge is -2.27. The van der Waals surface area contributed by atoms with Crippen molar-refractivity contribution in [2.75, 3.05) is 6.54 Å². The maximum atomic E-state index is 12.1. The Hall–Kier alpha value is -0.730. The molecule has 0 heterocycles. The summed E-state index contributed by atoms with van der Waals surface area (Å²) in [7, 11) is 0. The number of hydrogen-bond acceptors (Lipinski definition) is 1. The molecule has 1 N–H and O–H groups in total. The molecule has 0 aliphatic heterocycles. The topological polar surface area (TPSA) is 29.1 Å². The van der Waals surface area contributed by atoms with Crippen molar-refractivity contribution in [3.8, 4) is 0 Å².